The lowest BCUT2D eigenvalue weighted by Crippen LogP contribution is -2.45. The van der Waals surface area contributed by atoms with Gasteiger partial charge in [-0.2, -0.15) is 0 Å². The topological polar surface area (TPSA) is 95.5 Å². The van der Waals surface area contributed by atoms with Gasteiger partial charge >= 0.3 is 12.0 Å². The number of rotatable bonds is 7. The average molecular weight is 272 g/mol. The van der Waals surface area contributed by atoms with Crippen molar-refractivity contribution in [1.82, 2.24) is 10.6 Å². The van der Waals surface area contributed by atoms with Gasteiger partial charge in [0.1, 0.15) is 0 Å². The van der Waals surface area contributed by atoms with Gasteiger partial charge in [0.15, 0.2) is 0 Å². The molecule has 0 aromatic carbocycles. The molecule has 3 N–H and O–H groups in total. The smallest absolute Gasteiger partial charge is 0.321 e. The van der Waals surface area contributed by atoms with Gasteiger partial charge in [-0.25, -0.2) is 4.79 Å². The summed E-state index contributed by atoms with van der Waals surface area (Å²) in [6.07, 6.45) is 0.876. The third-order valence-electron chi connectivity index (χ3n) is 3.17. The van der Waals surface area contributed by atoms with Crippen molar-refractivity contribution in [2.45, 2.75) is 53.0 Å². The summed E-state index contributed by atoms with van der Waals surface area (Å²) in [6, 6.07) is -0.547. The predicted molar refractivity (Wildman–Crippen MR) is 71.6 cm³/mol. The molecular weight excluding hydrogens is 248 g/mol. The van der Waals surface area contributed by atoms with E-state index in [1.54, 1.807) is 6.92 Å². The third-order valence-corrected chi connectivity index (χ3v) is 3.17. The van der Waals surface area contributed by atoms with Crippen molar-refractivity contribution in [1.29, 1.82) is 0 Å². The maximum atomic E-state index is 11.5. The minimum atomic E-state index is -0.949. The second kappa shape index (κ2) is 8.50. The molecule has 0 aromatic heterocycles. The highest BCUT2D eigenvalue weighted by molar-refractivity contribution is 5.94. The molecule has 0 heterocycles. The zero-order valence-corrected chi connectivity index (χ0v) is 12.0. The first-order valence-corrected chi connectivity index (χ1v) is 6.58. The van der Waals surface area contributed by atoms with Gasteiger partial charge in [0.05, 0.1) is 0 Å². The van der Waals surface area contributed by atoms with Gasteiger partial charge in [0, 0.05) is 18.9 Å². The van der Waals surface area contributed by atoms with E-state index in [1.165, 1.54) is 0 Å². The normalized spacial score (nSPS) is 15.2. The van der Waals surface area contributed by atoms with E-state index in [0.717, 1.165) is 6.42 Å². The van der Waals surface area contributed by atoms with Crippen LogP contribution in [0.5, 0.6) is 0 Å². The van der Waals surface area contributed by atoms with E-state index in [4.69, 9.17) is 5.11 Å². The Bertz CT molecular complexity index is 331. The third kappa shape index (κ3) is 8.18. The molecule has 0 fully saturated rings. The standard InChI is InChI=1S/C13H24N2O4/c1-5-9(3)10(4)14-13(19)15-11(16)6-8(2)7-12(17)18/h8-10H,5-7H2,1-4H3,(H,17,18)(H2,14,15,16,19). The summed E-state index contributed by atoms with van der Waals surface area (Å²) in [5.41, 5.74) is 0. The molecule has 0 aliphatic rings. The van der Waals surface area contributed by atoms with Gasteiger partial charge in [-0.05, 0) is 18.8 Å². The van der Waals surface area contributed by atoms with Crippen LogP contribution in [0.4, 0.5) is 4.79 Å². The molecule has 3 amide bonds. The summed E-state index contributed by atoms with van der Waals surface area (Å²) in [5.74, 6) is -1.37. The van der Waals surface area contributed by atoms with E-state index < -0.39 is 17.9 Å². The maximum Gasteiger partial charge on any atom is 0.321 e. The van der Waals surface area contributed by atoms with Crippen molar-refractivity contribution >= 4 is 17.9 Å². The Morgan fingerprint density at radius 3 is 2.16 bits per heavy atom. The molecule has 0 radical (unpaired) electrons. The Morgan fingerprint density at radius 1 is 1.11 bits per heavy atom. The fraction of sp³-hybridized carbons (Fsp3) is 0.769. The summed E-state index contributed by atoms with van der Waals surface area (Å²) in [4.78, 5) is 33.5. The minimum Gasteiger partial charge on any atom is -0.481 e. The number of urea groups is 1. The van der Waals surface area contributed by atoms with E-state index in [1.807, 2.05) is 20.8 Å². The molecule has 6 heteroatoms. The van der Waals surface area contributed by atoms with Gasteiger partial charge in [-0.3, -0.25) is 14.9 Å². The number of aliphatic carboxylic acids is 1. The number of carboxylic acids is 1. The molecule has 0 rings (SSSR count). The zero-order valence-electron chi connectivity index (χ0n) is 12.0. The molecular formula is C13H24N2O4. The summed E-state index contributed by atoms with van der Waals surface area (Å²) in [5, 5.41) is 13.5. The molecule has 0 aromatic rings. The SMILES string of the molecule is CCC(C)C(C)NC(=O)NC(=O)CC(C)CC(=O)O. The summed E-state index contributed by atoms with van der Waals surface area (Å²) >= 11 is 0. The molecule has 0 spiro atoms. The maximum absolute atomic E-state index is 11.5. The monoisotopic (exact) mass is 272 g/mol. The first-order valence-electron chi connectivity index (χ1n) is 6.58. The molecule has 0 bridgehead atoms. The van der Waals surface area contributed by atoms with Crippen LogP contribution < -0.4 is 10.6 Å². The first kappa shape index (κ1) is 17.4. The Labute approximate surface area is 113 Å². The quantitative estimate of drug-likeness (QED) is 0.658. The van der Waals surface area contributed by atoms with Crippen LogP contribution >= 0.6 is 0 Å². The van der Waals surface area contributed by atoms with Gasteiger partial charge in [0.25, 0.3) is 0 Å². The number of hydrogen-bond acceptors (Lipinski definition) is 3. The largest absolute Gasteiger partial charge is 0.481 e. The van der Waals surface area contributed by atoms with Gasteiger partial charge < -0.3 is 10.4 Å². The Hall–Kier alpha value is -1.59. The molecule has 0 saturated carbocycles. The lowest BCUT2D eigenvalue weighted by atomic mass is 10.0. The molecule has 3 unspecified atom stereocenters. The highest BCUT2D eigenvalue weighted by Crippen LogP contribution is 2.08. The van der Waals surface area contributed by atoms with Gasteiger partial charge in [0.2, 0.25) is 5.91 Å². The Balaban J connectivity index is 4.05. The Kier molecular flexibility index (Phi) is 7.79. The van der Waals surface area contributed by atoms with E-state index >= 15 is 0 Å². The van der Waals surface area contributed by atoms with Gasteiger partial charge in [-0.15, -0.1) is 0 Å². The van der Waals surface area contributed by atoms with Gasteiger partial charge in [-0.1, -0.05) is 27.2 Å². The number of imide groups is 1. The van der Waals surface area contributed by atoms with E-state index in [-0.39, 0.29) is 24.8 Å². The van der Waals surface area contributed by atoms with Crippen molar-refractivity contribution < 1.29 is 19.5 Å². The number of hydrogen-bond donors (Lipinski definition) is 3. The van der Waals surface area contributed by atoms with Crippen LogP contribution in [0.3, 0.4) is 0 Å². The van der Waals surface area contributed by atoms with Crippen LogP contribution in [0.2, 0.25) is 0 Å². The predicted octanol–water partition coefficient (Wildman–Crippen LogP) is 1.75. The molecule has 0 aliphatic heterocycles. The fourth-order valence-corrected chi connectivity index (χ4v) is 1.60. The number of carbonyl (C=O) groups excluding carboxylic acids is 2. The van der Waals surface area contributed by atoms with Crippen LogP contribution in [0.25, 0.3) is 0 Å². The summed E-state index contributed by atoms with van der Waals surface area (Å²) < 4.78 is 0. The van der Waals surface area contributed by atoms with Crippen molar-refractivity contribution in [3.63, 3.8) is 0 Å². The highest BCUT2D eigenvalue weighted by Gasteiger charge is 2.17. The van der Waals surface area contributed by atoms with E-state index in [2.05, 4.69) is 10.6 Å². The van der Waals surface area contributed by atoms with Crippen LogP contribution in [0.1, 0.15) is 47.0 Å². The molecule has 110 valence electrons. The summed E-state index contributed by atoms with van der Waals surface area (Å²) in [6.45, 7) is 7.58. The highest BCUT2D eigenvalue weighted by atomic mass is 16.4. The molecule has 0 saturated heterocycles. The second-order valence-electron chi connectivity index (χ2n) is 5.10. The van der Waals surface area contributed by atoms with Crippen LogP contribution in [0.15, 0.2) is 0 Å². The van der Waals surface area contributed by atoms with E-state index in [0.29, 0.717) is 5.92 Å². The molecule has 0 aliphatic carbocycles. The molecule has 3 atom stereocenters. The average Bonchev–Trinajstić information content (AvgIpc) is 2.25. The molecule has 6 nitrogen and oxygen atoms in total. The summed E-state index contributed by atoms with van der Waals surface area (Å²) in [7, 11) is 0. The number of amides is 3. The van der Waals surface area contributed by atoms with E-state index in [9.17, 15) is 14.4 Å². The molecule has 19 heavy (non-hydrogen) atoms. The van der Waals surface area contributed by atoms with Crippen LogP contribution in [-0.4, -0.2) is 29.1 Å². The minimum absolute atomic E-state index is 0.0192. The van der Waals surface area contributed by atoms with Crippen molar-refractivity contribution in [3.05, 3.63) is 0 Å². The van der Waals surface area contributed by atoms with Crippen molar-refractivity contribution in [2.75, 3.05) is 0 Å². The number of carbonyl (C=O) groups is 3. The Morgan fingerprint density at radius 2 is 1.68 bits per heavy atom. The number of nitrogens with one attached hydrogen (secondary N) is 2. The van der Waals surface area contributed by atoms with Crippen molar-refractivity contribution in [2.24, 2.45) is 11.8 Å². The number of carboxylic acid groups (broad SMARTS) is 1. The van der Waals surface area contributed by atoms with Crippen molar-refractivity contribution in [3.8, 4) is 0 Å². The first-order chi connectivity index (χ1) is 8.76. The lowest BCUT2D eigenvalue weighted by molar-refractivity contribution is -0.138. The fourth-order valence-electron chi connectivity index (χ4n) is 1.60. The lowest BCUT2D eigenvalue weighted by Gasteiger charge is -2.20. The zero-order chi connectivity index (χ0) is 15.0. The van der Waals surface area contributed by atoms with Crippen LogP contribution in [0, 0.1) is 11.8 Å². The second-order valence-corrected chi connectivity index (χ2v) is 5.10. The van der Waals surface area contributed by atoms with Crippen LogP contribution in [-0.2, 0) is 9.59 Å².